The van der Waals surface area contributed by atoms with Gasteiger partial charge in [0.15, 0.2) is 0 Å². The zero-order valence-electron chi connectivity index (χ0n) is 15.4. The van der Waals surface area contributed by atoms with Crippen LogP contribution in [-0.2, 0) is 10.0 Å². The number of hydrogen-bond acceptors (Lipinski definition) is 5. The van der Waals surface area contributed by atoms with E-state index in [4.69, 9.17) is 0 Å². The van der Waals surface area contributed by atoms with E-state index in [0.29, 0.717) is 19.4 Å². The van der Waals surface area contributed by atoms with Crippen LogP contribution in [0.4, 0.5) is 8.78 Å². The van der Waals surface area contributed by atoms with E-state index < -0.39 is 22.2 Å². The smallest absolute Gasteiger partial charge is 0.387 e. The van der Waals surface area contributed by atoms with Gasteiger partial charge in [-0.1, -0.05) is 0 Å². The number of fused-ring (bicyclic) bond motifs is 2. The number of ether oxygens (including phenoxy) is 1. The van der Waals surface area contributed by atoms with Crippen molar-refractivity contribution in [1.29, 1.82) is 0 Å². The molecule has 0 aromatic heterocycles. The van der Waals surface area contributed by atoms with Gasteiger partial charge in [-0.05, 0) is 63.8 Å². The molecule has 2 N–H and O–H groups in total. The molecule has 0 unspecified atom stereocenters. The van der Waals surface area contributed by atoms with Crippen LogP contribution in [0.2, 0.25) is 0 Å². The topological polar surface area (TPSA) is 78.9 Å². The van der Waals surface area contributed by atoms with Crippen LogP contribution >= 0.6 is 0 Å². The Morgan fingerprint density at radius 3 is 2.26 bits per heavy atom. The molecule has 0 amide bonds. The number of nitrogens with one attached hydrogen (secondary N) is 1. The Bertz CT molecular complexity index is 736. The minimum absolute atomic E-state index is 0.0681. The lowest BCUT2D eigenvalue weighted by molar-refractivity contribution is -0.0498. The molecule has 2 heterocycles. The van der Waals surface area contributed by atoms with Crippen molar-refractivity contribution in [3.05, 3.63) is 24.3 Å². The van der Waals surface area contributed by atoms with Crippen molar-refractivity contribution in [3.63, 3.8) is 0 Å². The summed E-state index contributed by atoms with van der Waals surface area (Å²) in [5, 5.41) is 13.2. The first-order valence-electron chi connectivity index (χ1n) is 9.10. The highest BCUT2D eigenvalue weighted by atomic mass is 32.2. The van der Waals surface area contributed by atoms with Gasteiger partial charge in [0, 0.05) is 24.7 Å². The minimum Gasteiger partial charge on any atom is -0.435 e. The molecule has 0 aliphatic carbocycles. The minimum atomic E-state index is -3.70. The fourth-order valence-corrected chi connectivity index (χ4v) is 5.89. The average Bonchev–Trinajstić information content (AvgIpc) is 2.84. The monoisotopic (exact) mass is 404 g/mol. The Morgan fingerprint density at radius 1 is 1.22 bits per heavy atom. The van der Waals surface area contributed by atoms with E-state index >= 15 is 0 Å². The van der Waals surface area contributed by atoms with Gasteiger partial charge in [-0.3, -0.25) is 0 Å². The number of sulfonamides is 1. The predicted octanol–water partition coefficient (Wildman–Crippen LogP) is 2.33. The zero-order chi connectivity index (χ0) is 19.8. The van der Waals surface area contributed by atoms with Crippen molar-refractivity contribution in [1.82, 2.24) is 9.62 Å². The first-order chi connectivity index (χ1) is 12.6. The van der Waals surface area contributed by atoms with Gasteiger partial charge in [0.2, 0.25) is 10.0 Å². The lowest BCUT2D eigenvalue weighted by Gasteiger charge is -2.39. The third-order valence-corrected chi connectivity index (χ3v) is 7.13. The number of hydrogen-bond donors (Lipinski definition) is 2. The number of nitrogens with zero attached hydrogens (tertiary/aromatic N) is 1. The first-order valence-corrected chi connectivity index (χ1v) is 10.5. The summed E-state index contributed by atoms with van der Waals surface area (Å²) < 4.78 is 56.5. The summed E-state index contributed by atoms with van der Waals surface area (Å²) in [6, 6.07) is 5.10. The molecule has 2 bridgehead atoms. The van der Waals surface area contributed by atoms with Gasteiger partial charge in [0.05, 0.1) is 10.5 Å². The SMILES string of the molecule is CC(C)(O)CN[C@@H]1C[C@H]2CC[C@@H](C1)N2S(=O)(=O)c1ccc(OC(F)F)cc1. The molecule has 0 saturated carbocycles. The van der Waals surface area contributed by atoms with Gasteiger partial charge in [-0.15, -0.1) is 0 Å². The molecule has 2 fully saturated rings. The number of aliphatic hydroxyl groups is 1. The molecule has 27 heavy (non-hydrogen) atoms. The quantitative estimate of drug-likeness (QED) is 0.729. The van der Waals surface area contributed by atoms with Crippen molar-refractivity contribution >= 4 is 10.0 Å². The van der Waals surface area contributed by atoms with Crippen LogP contribution in [0.1, 0.15) is 39.5 Å². The van der Waals surface area contributed by atoms with E-state index in [9.17, 15) is 22.3 Å². The van der Waals surface area contributed by atoms with Gasteiger partial charge in [0.25, 0.3) is 0 Å². The van der Waals surface area contributed by atoms with E-state index in [0.717, 1.165) is 12.8 Å². The Labute approximate surface area is 158 Å². The molecule has 1 aromatic carbocycles. The van der Waals surface area contributed by atoms with Gasteiger partial charge < -0.3 is 15.2 Å². The Kier molecular flexibility index (Phi) is 5.77. The number of benzene rings is 1. The zero-order valence-corrected chi connectivity index (χ0v) is 16.3. The Balaban J connectivity index is 1.71. The molecule has 6 nitrogen and oxygen atoms in total. The first kappa shape index (κ1) is 20.4. The van der Waals surface area contributed by atoms with Crippen molar-refractivity contribution in [2.45, 2.75) is 74.8 Å². The fourth-order valence-electron chi connectivity index (χ4n) is 4.00. The van der Waals surface area contributed by atoms with E-state index in [1.165, 1.54) is 24.3 Å². The van der Waals surface area contributed by atoms with Crippen LogP contribution in [0.3, 0.4) is 0 Å². The van der Waals surface area contributed by atoms with Gasteiger partial charge in [-0.25, -0.2) is 8.42 Å². The third-order valence-electron chi connectivity index (χ3n) is 5.11. The highest BCUT2D eigenvalue weighted by molar-refractivity contribution is 7.89. The summed E-state index contributed by atoms with van der Waals surface area (Å²) in [5.41, 5.74) is -0.815. The normalized spacial score (nSPS) is 26.5. The summed E-state index contributed by atoms with van der Waals surface area (Å²) in [6.45, 7) is 0.972. The lowest BCUT2D eigenvalue weighted by atomic mass is 9.98. The van der Waals surface area contributed by atoms with Gasteiger partial charge in [-0.2, -0.15) is 13.1 Å². The van der Waals surface area contributed by atoms with Gasteiger partial charge >= 0.3 is 6.61 Å². The molecule has 3 atom stereocenters. The van der Waals surface area contributed by atoms with Crippen LogP contribution in [-0.4, -0.2) is 54.7 Å². The molecule has 152 valence electrons. The maximum absolute atomic E-state index is 13.1. The summed E-state index contributed by atoms with van der Waals surface area (Å²) >= 11 is 0. The third kappa shape index (κ3) is 4.77. The van der Waals surface area contributed by atoms with Crippen LogP contribution in [0.25, 0.3) is 0 Å². The highest BCUT2D eigenvalue weighted by Gasteiger charge is 2.47. The largest absolute Gasteiger partial charge is 0.435 e. The molecule has 3 rings (SSSR count). The van der Waals surface area contributed by atoms with Crippen LogP contribution in [0.5, 0.6) is 5.75 Å². The molecular weight excluding hydrogens is 378 g/mol. The molecule has 0 radical (unpaired) electrons. The number of rotatable bonds is 7. The van der Waals surface area contributed by atoms with E-state index in [2.05, 4.69) is 10.1 Å². The summed E-state index contributed by atoms with van der Waals surface area (Å²) in [7, 11) is -3.70. The number of piperidine rings is 1. The summed E-state index contributed by atoms with van der Waals surface area (Å²) in [6.07, 6.45) is 2.99. The Morgan fingerprint density at radius 2 is 1.78 bits per heavy atom. The molecular formula is C18H26F2N2O4S. The number of halogens is 2. The maximum atomic E-state index is 13.1. The fraction of sp³-hybridized carbons (Fsp3) is 0.667. The van der Waals surface area contributed by atoms with Crippen LogP contribution in [0.15, 0.2) is 29.2 Å². The summed E-state index contributed by atoms with van der Waals surface area (Å²) in [5.74, 6) is -0.0681. The molecule has 2 saturated heterocycles. The second-order valence-electron chi connectivity index (χ2n) is 7.93. The maximum Gasteiger partial charge on any atom is 0.387 e. The second-order valence-corrected chi connectivity index (χ2v) is 9.77. The van der Waals surface area contributed by atoms with Crippen LogP contribution in [0, 0.1) is 0 Å². The molecule has 1 aromatic rings. The van der Waals surface area contributed by atoms with Crippen molar-refractivity contribution in [3.8, 4) is 5.75 Å². The van der Waals surface area contributed by atoms with Gasteiger partial charge in [0.1, 0.15) is 5.75 Å². The van der Waals surface area contributed by atoms with E-state index in [1.807, 2.05) is 0 Å². The van der Waals surface area contributed by atoms with Crippen molar-refractivity contribution < 1.29 is 27.0 Å². The molecule has 2 aliphatic rings. The predicted molar refractivity (Wildman–Crippen MR) is 96.2 cm³/mol. The second kappa shape index (κ2) is 7.62. The number of alkyl halides is 2. The van der Waals surface area contributed by atoms with E-state index in [-0.39, 0.29) is 28.8 Å². The average molecular weight is 404 g/mol. The lowest BCUT2D eigenvalue weighted by Crippen LogP contribution is -2.53. The van der Waals surface area contributed by atoms with E-state index in [1.54, 1.807) is 18.2 Å². The van der Waals surface area contributed by atoms with Crippen LogP contribution < -0.4 is 10.1 Å². The highest BCUT2D eigenvalue weighted by Crippen LogP contribution is 2.40. The molecule has 0 spiro atoms. The Hall–Kier alpha value is -1.29. The van der Waals surface area contributed by atoms with Crippen molar-refractivity contribution in [2.75, 3.05) is 6.54 Å². The standard InChI is InChI=1S/C18H26F2N2O4S/c1-18(2,23)11-21-12-9-13-3-4-14(10-12)22(13)27(24,25)16-7-5-15(6-8-16)26-17(19)20/h5-8,12-14,17,21,23H,3-4,9-11H2,1-2H3/t12-,13-,14+. The molecule has 9 heteroatoms. The molecule has 2 aliphatic heterocycles. The van der Waals surface area contributed by atoms with Crippen molar-refractivity contribution in [2.24, 2.45) is 0 Å². The summed E-state index contributed by atoms with van der Waals surface area (Å²) in [4.78, 5) is 0.0870.